The van der Waals surface area contributed by atoms with Gasteiger partial charge in [-0.25, -0.2) is 0 Å². The summed E-state index contributed by atoms with van der Waals surface area (Å²) in [6.07, 6.45) is 3.64. The molecule has 0 heterocycles. The van der Waals surface area contributed by atoms with Crippen molar-refractivity contribution in [2.75, 3.05) is 19.6 Å². The van der Waals surface area contributed by atoms with E-state index in [1.807, 2.05) is 0 Å². The van der Waals surface area contributed by atoms with Crippen LogP contribution in [0.4, 0.5) is 0 Å². The molecule has 1 aliphatic rings. The van der Waals surface area contributed by atoms with Crippen molar-refractivity contribution in [1.82, 2.24) is 4.90 Å². The molecule has 0 aromatic rings. The summed E-state index contributed by atoms with van der Waals surface area (Å²) < 4.78 is 0. The normalized spacial score (nSPS) is 18.5. The second-order valence-corrected chi connectivity index (χ2v) is 4.15. The minimum Gasteiger partial charge on any atom is -0.480 e. The van der Waals surface area contributed by atoms with Gasteiger partial charge in [0.2, 0.25) is 0 Å². The fraction of sp³-hybridized carbons (Fsp3) is 0.900. The Bertz CT molecular complexity index is 193. The van der Waals surface area contributed by atoms with Crippen LogP contribution in [0.15, 0.2) is 0 Å². The van der Waals surface area contributed by atoms with Gasteiger partial charge in [-0.2, -0.15) is 0 Å². The van der Waals surface area contributed by atoms with Crippen LogP contribution < -0.4 is 5.73 Å². The predicted octanol–water partition coefficient (Wildman–Crippen LogP) is 0.520. The van der Waals surface area contributed by atoms with E-state index in [0.717, 1.165) is 25.4 Å². The van der Waals surface area contributed by atoms with Gasteiger partial charge in [-0.05, 0) is 31.7 Å². The maximum absolute atomic E-state index is 10.6. The van der Waals surface area contributed by atoms with Crippen molar-refractivity contribution in [3.05, 3.63) is 0 Å². The van der Waals surface area contributed by atoms with Gasteiger partial charge in [0.15, 0.2) is 0 Å². The smallest absolute Gasteiger partial charge is 0.321 e. The number of hydrogen-bond acceptors (Lipinski definition) is 3. The molecule has 1 saturated carbocycles. The molecule has 82 valence electrons. The molecule has 0 aromatic heterocycles. The summed E-state index contributed by atoms with van der Waals surface area (Å²) in [7, 11) is 0. The Kier molecular flexibility index (Phi) is 4.35. The van der Waals surface area contributed by atoms with Crippen LogP contribution in [-0.4, -0.2) is 41.7 Å². The van der Waals surface area contributed by atoms with E-state index in [9.17, 15) is 4.79 Å². The van der Waals surface area contributed by atoms with Gasteiger partial charge in [-0.3, -0.25) is 4.79 Å². The largest absolute Gasteiger partial charge is 0.480 e. The second-order valence-electron chi connectivity index (χ2n) is 4.15. The SMILES string of the molecule is CCCN(CC1CC1)CC(N)C(=O)O. The Labute approximate surface area is 85.1 Å². The molecular formula is C10H20N2O2. The van der Waals surface area contributed by atoms with E-state index in [2.05, 4.69) is 11.8 Å². The van der Waals surface area contributed by atoms with Crippen molar-refractivity contribution < 1.29 is 9.90 Å². The third-order valence-corrected chi connectivity index (χ3v) is 2.53. The molecule has 1 unspecified atom stereocenters. The molecule has 1 rings (SSSR count). The van der Waals surface area contributed by atoms with Gasteiger partial charge in [-0.1, -0.05) is 6.92 Å². The van der Waals surface area contributed by atoms with E-state index in [1.165, 1.54) is 12.8 Å². The van der Waals surface area contributed by atoms with Crippen molar-refractivity contribution in [1.29, 1.82) is 0 Å². The molecule has 0 amide bonds. The Morgan fingerprint density at radius 2 is 2.29 bits per heavy atom. The van der Waals surface area contributed by atoms with Crippen molar-refractivity contribution in [2.45, 2.75) is 32.2 Å². The monoisotopic (exact) mass is 200 g/mol. The Balaban J connectivity index is 2.28. The van der Waals surface area contributed by atoms with Crippen molar-refractivity contribution in [3.63, 3.8) is 0 Å². The molecule has 0 radical (unpaired) electrons. The van der Waals surface area contributed by atoms with E-state index in [-0.39, 0.29) is 0 Å². The third-order valence-electron chi connectivity index (χ3n) is 2.53. The van der Waals surface area contributed by atoms with Gasteiger partial charge >= 0.3 is 5.97 Å². The Morgan fingerprint density at radius 3 is 2.71 bits per heavy atom. The lowest BCUT2D eigenvalue weighted by atomic mass is 10.2. The Morgan fingerprint density at radius 1 is 1.64 bits per heavy atom. The van der Waals surface area contributed by atoms with Gasteiger partial charge in [0, 0.05) is 13.1 Å². The zero-order chi connectivity index (χ0) is 10.6. The van der Waals surface area contributed by atoms with Crippen LogP contribution >= 0.6 is 0 Å². The number of carboxylic acid groups (broad SMARTS) is 1. The fourth-order valence-electron chi connectivity index (χ4n) is 1.60. The first-order valence-electron chi connectivity index (χ1n) is 5.34. The summed E-state index contributed by atoms with van der Waals surface area (Å²) in [4.78, 5) is 12.8. The predicted molar refractivity (Wildman–Crippen MR) is 55.1 cm³/mol. The highest BCUT2D eigenvalue weighted by molar-refractivity contribution is 5.73. The first-order chi connectivity index (χ1) is 6.63. The number of carbonyl (C=O) groups is 1. The molecule has 1 fully saturated rings. The molecule has 4 heteroatoms. The zero-order valence-corrected chi connectivity index (χ0v) is 8.78. The Hall–Kier alpha value is -0.610. The summed E-state index contributed by atoms with van der Waals surface area (Å²) in [6.45, 7) is 4.57. The number of nitrogens with two attached hydrogens (primary N) is 1. The number of carboxylic acids is 1. The van der Waals surface area contributed by atoms with Crippen LogP contribution in [-0.2, 0) is 4.79 Å². The minimum absolute atomic E-state index is 0.486. The number of rotatable bonds is 7. The van der Waals surface area contributed by atoms with Crippen molar-refractivity contribution in [2.24, 2.45) is 11.7 Å². The molecule has 14 heavy (non-hydrogen) atoms. The summed E-state index contributed by atoms with van der Waals surface area (Å²) in [5.74, 6) is -0.107. The highest BCUT2D eigenvalue weighted by atomic mass is 16.4. The average Bonchev–Trinajstić information content (AvgIpc) is 2.88. The topological polar surface area (TPSA) is 66.6 Å². The fourth-order valence-corrected chi connectivity index (χ4v) is 1.60. The second kappa shape index (κ2) is 5.32. The van der Waals surface area contributed by atoms with Crippen LogP contribution in [0.1, 0.15) is 26.2 Å². The van der Waals surface area contributed by atoms with E-state index in [4.69, 9.17) is 10.8 Å². The number of hydrogen-bond donors (Lipinski definition) is 2. The van der Waals surface area contributed by atoms with Gasteiger partial charge in [0.25, 0.3) is 0 Å². The third kappa shape index (κ3) is 4.07. The van der Waals surface area contributed by atoms with E-state index in [1.54, 1.807) is 0 Å². The molecule has 3 N–H and O–H groups in total. The van der Waals surface area contributed by atoms with Crippen LogP contribution in [0.3, 0.4) is 0 Å². The highest BCUT2D eigenvalue weighted by Gasteiger charge is 2.25. The molecule has 0 spiro atoms. The van der Waals surface area contributed by atoms with E-state index >= 15 is 0 Å². The lowest BCUT2D eigenvalue weighted by molar-refractivity contribution is -0.139. The zero-order valence-electron chi connectivity index (χ0n) is 8.78. The molecule has 1 atom stereocenters. The average molecular weight is 200 g/mol. The minimum atomic E-state index is -0.901. The first-order valence-corrected chi connectivity index (χ1v) is 5.34. The number of aliphatic carboxylic acids is 1. The molecular weight excluding hydrogens is 180 g/mol. The first kappa shape index (κ1) is 11.5. The van der Waals surface area contributed by atoms with Crippen LogP contribution in [0, 0.1) is 5.92 Å². The van der Waals surface area contributed by atoms with Crippen molar-refractivity contribution >= 4 is 5.97 Å². The molecule has 0 aliphatic heterocycles. The lowest BCUT2D eigenvalue weighted by Crippen LogP contribution is -2.43. The van der Waals surface area contributed by atoms with Gasteiger partial charge in [-0.15, -0.1) is 0 Å². The van der Waals surface area contributed by atoms with Gasteiger partial charge < -0.3 is 15.7 Å². The summed E-state index contributed by atoms with van der Waals surface area (Å²) in [5, 5.41) is 8.70. The highest BCUT2D eigenvalue weighted by Crippen LogP contribution is 2.29. The molecule has 0 bridgehead atoms. The lowest BCUT2D eigenvalue weighted by Gasteiger charge is -2.23. The summed E-state index contributed by atoms with van der Waals surface area (Å²) in [6, 6.07) is -0.736. The van der Waals surface area contributed by atoms with E-state index < -0.39 is 12.0 Å². The molecule has 1 aliphatic carbocycles. The van der Waals surface area contributed by atoms with Crippen LogP contribution in [0.2, 0.25) is 0 Å². The summed E-state index contributed by atoms with van der Waals surface area (Å²) >= 11 is 0. The maximum Gasteiger partial charge on any atom is 0.321 e. The number of nitrogens with zero attached hydrogens (tertiary/aromatic N) is 1. The van der Waals surface area contributed by atoms with E-state index in [0.29, 0.717) is 6.54 Å². The summed E-state index contributed by atoms with van der Waals surface area (Å²) in [5.41, 5.74) is 5.50. The van der Waals surface area contributed by atoms with Crippen LogP contribution in [0.5, 0.6) is 0 Å². The van der Waals surface area contributed by atoms with Gasteiger partial charge in [0.1, 0.15) is 6.04 Å². The molecule has 0 aromatic carbocycles. The molecule has 4 nitrogen and oxygen atoms in total. The maximum atomic E-state index is 10.6. The molecule has 0 saturated heterocycles. The quantitative estimate of drug-likeness (QED) is 0.629. The standard InChI is InChI=1S/C10H20N2O2/c1-2-5-12(6-8-3-4-8)7-9(11)10(13)14/h8-9H,2-7,11H2,1H3,(H,13,14). The van der Waals surface area contributed by atoms with Crippen LogP contribution in [0.25, 0.3) is 0 Å². The van der Waals surface area contributed by atoms with Gasteiger partial charge in [0.05, 0.1) is 0 Å². The van der Waals surface area contributed by atoms with Crippen molar-refractivity contribution in [3.8, 4) is 0 Å².